The summed E-state index contributed by atoms with van der Waals surface area (Å²) >= 11 is 0. The van der Waals surface area contributed by atoms with Gasteiger partial charge in [0.25, 0.3) is 0 Å². The molecule has 1 rings (SSSR count). The third-order valence-corrected chi connectivity index (χ3v) is 5.51. The zero-order valence-electron chi connectivity index (χ0n) is 6.14. The molecule has 0 unspecified atom stereocenters. The summed E-state index contributed by atoms with van der Waals surface area (Å²) in [7, 11) is -1.58. The smallest absolute Gasteiger partial charge is 0.337 e. The van der Waals surface area contributed by atoms with Crippen molar-refractivity contribution in [2.45, 2.75) is 25.9 Å². The van der Waals surface area contributed by atoms with Crippen LogP contribution in [0.3, 0.4) is 0 Å². The Kier molecular flexibility index (Phi) is 2.27. The van der Waals surface area contributed by atoms with Gasteiger partial charge in [-0.2, -0.15) is 0 Å². The highest BCUT2D eigenvalue weighted by Gasteiger charge is 2.37. The fraction of sp³-hybridized carbons (Fsp3) is 1.00. The molecule has 9 heavy (non-hydrogen) atoms. The molecule has 1 fully saturated rings. The van der Waals surface area contributed by atoms with Crippen LogP contribution in [0.15, 0.2) is 0 Å². The molecular formula is C6H14O2Si. The minimum atomic E-state index is -1.58. The van der Waals surface area contributed by atoms with Gasteiger partial charge >= 0.3 is 8.56 Å². The highest BCUT2D eigenvalue weighted by molar-refractivity contribution is 6.67. The number of rotatable bonds is 2. The van der Waals surface area contributed by atoms with Crippen LogP contribution in [0.5, 0.6) is 0 Å². The molecule has 0 aromatic heterocycles. The van der Waals surface area contributed by atoms with Gasteiger partial charge in [-0.1, -0.05) is 13.8 Å². The van der Waals surface area contributed by atoms with Crippen LogP contribution in [-0.4, -0.2) is 21.8 Å². The van der Waals surface area contributed by atoms with Crippen LogP contribution in [0, 0.1) is 0 Å². The van der Waals surface area contributed by atoms with Crippen LogP contribution in [0.4, 0.5) is 0 Å². The van der Waals surface area contributed by atoms with Gasteiger partial charge < -0.3 is 8.85 Å². The third-order valence-electron chi connectivity index (χ3n) is 1.89. The van der Waals surface area contributed by atoms with Gasteiger partial charge in [0, 0.05) is 0 Å². The first-order valence-corrected chi connectivity index (χ1v) is 5.84. The van der Waals surface area contributed by atoms with E-state index < -0.39 is 8.56 Å². The maximum absolute atomic E-state index is 5.56. The zero-order chi connectivity index (χ0) is 6.74. The molecule has 0 saturated carbocycles. The lowest BCUT2D eigenvalue weighted by atomic mass is 10.8. The molecule has 0 atom stereocenters. The maximum Gasteiger partial charge on any atom is 0.337 e. The molecule has 2 nitrogen and oxygen atoms in total. The van der Waals surface area contributed by atoms with Gasteiger partial charge in [0.1, 0.15) is 0 Å². The van der Waals surface area contributed by atoms with E-state index in [4.69, 9.17) is 8.85 Å². The normalized spacial score (nSPS) is 24.7. The summed E-state index contributed by atoms with van der Waals surface area (Å²) in [6.07, 6.45) is 0. The first-order valence-electron chi connectivity index (χ1n) is 3.61. The second kappa shape index (κ2) is 2.81. The molecule has 1 aliphatic rings. The summed E-state index contributed by atoms with van der Waals surface area (Å²) in [4.78, 5) is 0. The Morgan fingerprint density at radius 1 is 1.11 bits per heavy atom. The Bertz CT molecular complexity index is 83.1. The highest BCUT2D eigenvalue weighted by atomic mass is 28.4. The van der Waals surface area contributed by atoms with E-state index in [9.17, 15) is 0 Å². The lowest BCUT2D eigenvalue weighted by molar-refractivity contribution is 0.335. The molecule has 1 saturated heterocycles. The van der Waals surface area contributed by atoms with Gasteiger partial charge in [-0.25, -0.2) is 0 Å². The highest BCUT2D eigenvalue weighted by Crippen LogP contribution is 2.22. The van der Waals surface area contributed by atoms with Crippen LogP contribution in [0.1, 0.15) is 13.8 Å². The summed E-state index contributed by atoms with van der Waals surface area (Å²) in [5, 5.41) is 0. The molecule has 0 aliphatic carbocycles. The predicted molar refractivity (Wildman–Crippen MR) is 38.6 cm³/mol. The molecular weight excluding hydrogens is 132 g/mol. The van der Waals surface area contributed by atoms with E-state index in [0.717, 1.165) is 25.3 Å². The van der Waals surface area contributed by atoms with Crippen LogP contribution < -0.4 is 0 Å². The second-order valence-corrected chi connectivity index (χ2v) is 6.13. The fourth-order valence-electron chi connectivity index (χ4n) is 1.16. The van der Waals surface area contributed by atoms with Crippen LogP contribution in [0.2, 0.25) is 12.1 Å². The van der Waals surface area contributed by atoms with E-state index in [2.05, 4.69) is 13.8 Å². The minimum Gasteiger partial charge on any atom is -0.392 e. The monoisotopic (exact) mass is 146 g/mol. The van der Waals surface area contributed by atoms with Crippen molar-refractivity contribution in [2.75, 3.05) is 13.2 Å². The molecule has 0 N–H and O–H groups in total. The largest absolute Gasteiger partial charge is 0.392 e. The van der Waals surface area contributed by atoms with E-state index in [1.165, 1.54) is 0 Å². The van der Waals surface area contributed by atoms with E-state index >= 15 is 0 Å². The van der Waals surface area contributed by atoms with E-state index in [1.54, 1.807) is 0 Å². The van der Waals surface area contributed by atoms with Gasteiger partial charge in [0.15, 0.2) is 0 Å². The van der Waals surface area contributed by atoms with Crippen LogP contribution >= 0.6 is 0 Å². The van der Waals surface area contributed by atoms with Gasteiger partial charge in [0.2, 0.25) is 0 Å². The molecule has 3 heteroatoms. The van der Waals surface area contributed by atoms with E-state index in [0.29, 0.717) is 0 Å². The quantitative estimate of drug-likeness (QED) is 0.550. The SMILES string of the molecule is CC[Si]1(CC)OCCO1. The first kappa shape index (κ1) is 7.25. The first-order chi connectivity index (χ1) is 4.33. The van der Waals surface area contributed by atoms with Gasteiger partial charge in [-0.3, -0.25) is 0 Å². The molecule has 0 bridgehead atoms. The maximum atomic E-state index is 5.56. The second-order valence-electron chi connectivity index (χ2n) is 2.31. The molecule has 0 radical (unpaired) electrons. The predicted octanol–water partition coefficient (Wildman–Crippen LogP) is 1.52. The van der Waals surface area contributed by atoms with Crippen molar-refractivity contribution < 1.29 is 8.85 Å². The van der Waals surface area contributed by atoms with Gasteiger partial charge in [-0.15, -0.1) is 0 Å². The van der Waals surface area contributed by atoms with Crippen molar-refractivity contribution in [1.82, 2.24) is 0 Å². The summed E-state index contributed by atoms with van der Waals surface area (Å²) in [5.41, 5.74) is 0. The topological polar surface area (TPSA) is 18.5 Å². The third kappa shape index (κ3) is 1.34. The summed E-state index contributed by atoms with van der Waals surface area (Å²) in [6, 6.07) is 2.20. The zero-order valence-corrected chi connectivity index (χ0v) is 7.14. The average molecular weight is 146 g/mol. The molecule has 0 spiro atoms. The molecule has 0 aromatic rings. The van der Waals surface area contributed by atoms with Crippen LogP contribution in [-0.2, 0) is 8.85 Å². The van der Waals surface area contributed by atoms with E-state index in [-0.39, 0.29) is 0 Å². The molecule has 0 amide bonds. The summed E-state index contributed by atoms with van der Waals surface area (Å²) in [5.74, 6) is 0. The average Bonchev–Trinajstić information content (AvgIpc) is 2.36. The van der Waals surface area contributed by atoms with Crippen molar-refractivity contribution >= 4 is 8.56 Å². The van der Waals surface area contributed by atoms with Crippen molar-refractivity contribution in [1.29, 1.82) is 0 Å². The van der Waals surface area contributed by atoms with Gasteiger partial charge in [0.05, 0.1) is 13.2 Å². The Morgan fingerprint density at radius 3 is 1.78 bits per heavy atom. The molecule has 54 valence electrons. The van der Waals surface area contributed by atoms with E-state index in [1.807, 2.05) is 0 Å². The van der Waals surface area contributed by atoms with Crippen LogP contribution in [0.25, 0.3) is 0 Å². The lowest BCUT2D eigenvalue weighted by Crippen LogP contribution is -2.34. The minimum absolute atomic E-state index is 0.827. The molecule has 0 aromatic carbocycles. The summed E-state index contributed by atoms with van der Waals surface area (Å²) < 4.78 is 11.1. The standard InChI is InChI=1S/C6H14O2Si/c1-3-9(4-2)7-5-6-8-9/h3-6H2,1-2H3. The lowest BCUT2D eigenvalue weighted by Gasteiger charge is -2.18. The Morgan fingerprint density at radius 2 is 1.56 bits per heavy atom. The number of hydrogen-bond acceptors (Lipinski definition) is 2. The summed E-state index contributed by atoms with van der Waals surface area (Å²) in [6.45, 7) is 5.96. The van der Waals surface area contributed by atoms with Crippen molar-refractivity contribution in [3.05, 3.63) is 0 Å². The van der Waals surface area contributed by atoms with Gasteiger partial charge in [-0.05, 0) is 12.1 Å². The van der Waals surface area contributed by atoms with Crippen molar-refractivity contribution in [3.8, 4) is 0 Å². The Hall–Kier alpha value is 0.137. The fourth-order valence-corrected chi connectivity index (χ4v) is 3.47. The Balaban J connectivity index is 2.45. The molecule has 1 aliphatic heterocycles. The van der Waals surface area contributed by atoms with Crippen molar-refractivity contribution in [2.24, 2.45) is 0 Å². The Labute approximate surface area is 57.4 Å². The number of hydrogen-bond donors (Lipinski definition) is 0. The molecule has 1 heterocycles. The van der Waals surface area contributed by atoms with Crippen molar-refractivity contribution in [3.63, 3.8) is 0 Å².